The van der Waals surface area contributed by atoms with E-state index < -0.39 is 0 Å². The normalized spacial score (nSPS) is 10.1. The summed E-state index contributed by atoms with van der Waals surface area (Å²) in [5.74, 6) is 0. The quantitative estimate of drug-likeness (QED) is 0.536. The molecule has 1 aromatic rings. The van der Waals surface area contributed by atoms with E-state index in [-0.39, 0.29) is 0 Å². The zero-order valence-electron chi connectivity index (χ0n) is 11.8. The number of allylic oxidation sites excluding steroid dienone is 3. The van der Waals surface area contributed by atoms with E-state index in [1.165, 1.54) is 27.8 Å². The molecule has 0 amide bonds. The highest BCUT2D eigenvalue weighted by molar-refractivity contribution is 5.63. The van der Waals surface area contributed by atoms with Crippen LogP contribution in [0.4, 0.5) is 0 Å². The van der Waals surface area contributed by atoms with Gasteiger partial charge >= 0.3 is 0 Å². The lowest BCUT2D eigenvalue weighted by Crippen LogP contribution is -1.88. The summed E-state index contributed by atoms with van der Waals surface area (Å²) in [6, 6.07) is 8.56. The van der Waals surface area contributed by atoms with Gasteiger partial charge in [-0.25, -0.2) is 0 Å². The Morgan fingerprint density at radius 3 is 2.00 bits per heavy atom. The van der Waals surface area contributed by atoms with E-state index in [9.17, 15) is 0 Å². The lowest BCUT2D eigenvalue weighted by atomic mass is 9.97. The predicted octanol–water partition coefficient (Wildman–Crippen LogP) is 5.70. The minimum Gasteiger partial charge on any atom is -0.100 e. The first kappa shape index (κ1) is 14.5. The van der Waals surface area contributed by atoms with Crippen LogP contribution in [-0.4, -0.2) is 0 Å². The van der Waals surface area contributed by atoms with Gasteiger partial charge in [0.15, 0.2) is 0 Å². The second-order valence-corrected chi connectivity index (χ2v) is 5.18. The smallest absolute Gasteiger partial charge is 0.0230 e. The van der Waals surface area contributed by atoms with Crippen molar-refractivity contribution in [3.05, 3.63) is 66.3 Å². The molecule has 0 fully saturated rings. The standard InChI is InChI=1S/C18H24/c1-14(2)6-7-15(3)8-11-17(5)18-12-9-16(4)10-13-18/h9-10,12-13H,1,3,5-8,11H2,2,4H3. The Morgan fingerprint density at radius 2 is 1.44 bits per heavy atom. The lowest BCUT2D eigenvalue weighted by molar-refractivity contribution is 0.854. The summed E-state index contributed by atoms with van der Waals surface area (Å²) in [5.41, 5.74) is 6.26. The molecule has 0 N–H and O–H groups in total. The van der Waals surface area contributed by atoms with Crippen LogP contribution in [0.5, 0.6) is 0 Å². The summed E-state index contributed by atoms with van der Waals surface area (Å²) in [6.07, 6.45) is 4.13. The summed E-state index contributed by atoms with van der Waals surface area (Å²) < 4.78 is 0. The maximum absolute atomic E-state index is 4.16. The van der Waals surface area contributed by atoms with E-state index in [1.807, 2.05) is 0 Å². The van der Waals surface area contributed by atoms with E-state index in [1.54, 1.807) is 0 Å². The molecule has 1 aromatic carbocycles. The van der Waals surface area contributed by atoms with E-state index in [0.717, 1.165) is 25.7 Å². The molecule has 0 radical (unpaired) electrons. The molecule has 0 aromatic heterocycles. The molecule has 0 nitrogen and oxygen atoms in total. The number of rotatable bonds is 7. The van der Waals surface area contributed by atoms with Crippen molar-refractivity contribution in [1.29, 1.82) is 0 Å². The summed E-state index contributed by atoms with van der Waals surface area (Å²) >= 11 is 0. The first-order chi connectivity index (χ1) is 8.49. The molecule has 0 spiro atoms. The van der Waals surface area contributed by atoms with Crippen molar-refractivity contribution in [2.24, 2.45) is 0 Å². The van der Waals surface area contributed by atoms with Gasteiger partial charge in [0.2, 0.25) is 0 Å². The fourth-order valence-corrected chi connectivity index (χ4v) is 1.78. The van der Waals surface area contributed by atoms with Crippen LogP contribution >= 0.6 is 0 Å². The summed E-state index contributed by atoms with van der Waals surface area (Å²) in [6.45, 7) is 16.4. The fraction of sp³-hybridized carbons (Fsp3) is 0.333. The number of benzene rings is 1. The molecule has 0 atom stereocenters. The topological polar surface area (TPSA) is 0 Å². The Bertz CT molecular complexity index is 432. The van der Waals surface area contributed by atoms with Crippen LogP contribution in [0.3, 0.4) is 0 Å². The van der Waals surface area contributed by atoms with Gasteiger partial charge in [-0.3, -0.25) is 0 Å². The lowest BCUT2D eigenvalue weighted by Gasteiger charge is -2.09. The van der Waals surface area contributed by atoms with Crippen LogP contribution in [0, 0.1) is 6.92 Å². The highest BCUT2D eigenvalue weighted by atomic mass is 14.1. The van der Waals surface area contributed by atoms with Gasteiger partial charge in [-0.1, -0.05) is 54.1 Å². The van der Waals surface area contributed by atoms with Crippen LogP contribution < -0.4 is 0 Å². The third-order valence-corrected chi connectivity index (χ3v) is 3.15. The zero-order chi connectivity index (χ0) is 13.5. The van der Waals surface area contributed by atoms with Crippen molar-refractivity contribution in [3.63, 3.8) is 0 Å². The maximum atomic E-state index is 4.16. The minimum atomic E-state index is 0.998. The number of hydrogen-bond donors (Lipinski definition) is 0. The van der Waals surface area contributed by atoms with Crippen molar-refractivity contribution >= 4 is 5.57 Å². The molecular weight excluding hydrogens is 216 g/mol. The molecule has 0 saturated heterocycles. The first-order valence-electron chi connectivity index (χ1n) is 6.55. The molecule has 18 heavy (non-hydrogen) atoms. The SMILES string of the molecule is C=C(C)CCC(=C)CCC(=C)c1ccc(C)cc1. The summed E-state index contributed by atoms with van der Waals surface area (Å²) in [4.78, 5) is 0. The van der Waals surface area contributed by atoms with E-state index in [0.29, 0.717) is 0 Å². The highest BCUT2D eigenvalue weighted by Crippen LogP contribution is 2.22. The van der Waals surface area contributed by atoms with Gasteiger partial charge in [0.1, 0.15) is 0 Å². The van der Waals surface area contributed by atoms with Crippen molar-refractivity contribution < 1.29 is 0 Å². The molecule has 0 unspecified atom stereocenters. The second kappa shape index (κ2) is 7.00. The van der Waals surface area contributed by atoms with Gasteiger partial charge in [-0.2, -0.15) is 0 Å². The molecule has 0 heterocycles. The van der Waals surface area contributed by atoms with Crippen molar-refractivity contribution in [3.8, 4) is 0 Å². The number of hydrogen-bond acceptors (Lipinski definition) is 0. The van der Waals surface area contributed by atoms with Gasteiger partial charge in [-0.05, 0) is 50.7 Å². The Labute approximate surface area is 112 Å². The van der Waals surface area contributed by atoms with Gasteiger partial charge < -0.3 is 0 Å². The Morgan fingerprint density at radius 1 is 0.889 bits per heavy atom. The maximum Gasteiger partial charge on any atom is -0.0230 e. The molecule has 1 rings (SSSR count). The Balaban J connectivity index is 2.39. The average Bonchev–Trinajstić information content (AvgIpc) is 2.34. The fourth-order valence-electron chi connectivity index (χ4n) is 1.78. The van der Waals surface area contributed by atoms with Crippen molar-refractivity contribution in [2.45, 2.75) is 39.5 Å². The van der Waals surface area contributed by atoms with Crippen molar-refractivity contribution in [2.75, 3.05) is 0 Å². The van der Waals surface area contributed by atoms with Crippen LogP contribution in [0.15, 0.2) is 55.1 Å². The van der Waals surface area contributed by atoms with Gasteiger partial charge in [-0.15, -0.1) is 6.58 Å². The molecule has 0 saturated carbocycles. The molecule has 0 bridgehead atoms. The second-order valence-electron chi connectivity index (χ2n) is 5.18. The molecule has 0 aliphatic rings. The highest BCUT2D eigenvalue weighted by Gasteiger charge is 2.01. The molecule has 0 heteroatoms. The average molecular weight is 240 g/mol. The summed E-state index contributed by atoms with van der Waals surface area (Å²) in [5, 5.41) is 0. The van der Waals surface area contributed by atoms with Crippen LogP contribution in [0.2, 0.25) is 0 Å². The first-order valence-corrected chi connectivity index (χ1v) is 6.55. The summed E-state index contributed by atoms with van der Waals surface area (Å²) in [7, 11) is 0. The van der Waals surface area contributed by atoms with Crippen LogP contribution in [0.25, 0.3) is 5.57 Å². The Kier molecular flexibility index (Phi) is 5.64. The molecular formula is C18H24. The van der Waals surface area contributed by atoms with Gasteiger partial charge in [0.25, 0.3) is 0 Å². The minimum absolute atomic E-state index is 0.998. The third kappa shape index (κ3) is 5.18. The number of aryl methyl sites for hydroxylation is 1. The zero-order valence-corrected chi connectivity index (χ0v) is 11.8. The van der Waals surface area contributed by atoms with E-state index >= 15 is 0 Å². The monoisotopic (exact) mass is 240 g/mol. The predicted molar refractivity (Wildman–Crippen MR) is 82.6 cm³/mol. The Hall–Kier alpha value is -1.56. The van der Waals surface area contributed by atoms with Gasteiger partial charge in [0.05, 0.1) is 0 Å². The van der Waals surface area contributed by atoms with E-state index in [4.69, 9.17) is 0 Å². The van der Waals surface area contributed by atoms with Crippen LogP contribution in [0.1, 0.15) is 43.7 Å². The molecule has 0 aliphatic carbocycles. The van der Waals surface area contributed by atoms with Crippen LogP contribution in [-0.2, 0) is 0 Å². The van der Waals surface area contributed by atoms with Crippen molar-refractivity contribution in [1.82, 2.24) is 0 Å². The molecule has 96 valence electrons. The van der Waals surface area contributed by atoms with Gasteiger partial charge in [0, 0.05) is 0 Å². The third-order valence-electron chi connectivity index (χ3n) is 3.15. The molecule has 0 aliphatic heterocycles. The largest absolute Gasteiger partial charge is 0.100 e. The van der Waals surface area contributed by atoms with E-state index in [2.05, 4.69) is 57.8 Å².